The fourth-order valence-corrected chi connectivity index (χ4v) is 3.94. The van der Waals surface area contributed by atoms with Crippen molar-refractivity contribution in [3.63, 3.8) is 0 Å². The lowest BCUT2D eigenvalue weighted by Crippen LogP contribution is -2.53. The van der Waals surface area contributed by atoms with E-state index in [2.05, 4.69) is 27.9 Å². The van der Waals surface area contributed by atoms with Gasteiger partial charge in [0.1, 0.15) is 23.7 Å². The number of rotatable bonds is 6. The minimum atomic E-state index is -0.786. The number of furan rings is 1. The predicted molar refractivity (Wildman–Crippen MR) is 126 cm³/mol. The Labute approximate surface area is 202 Å². The highest BCUT2D eigenvalue weighted by atomic mass is 127. The molecule has 4 rings (SSSR count). The second kappa shape index (κ2) is 9.58. The first-order valence-corrected chi connectivity index (χ1v) is 10.9. The number of amides is 4. The molecule has 0 aliphatic carbocycles. The third kappa shape index (κ3) is 4.86. The van der Waals surface area contributed by atoms with Gasteiger partial charge in [-0.25, -0.2) is 4.79 Å². The van der Waals surface area contributed by atoms with Crippen molar-refractivity contribution in [2.75, 3.05) is 0 Å². The van der Waals surface area contributed by atoms with Crippen LogP contribution in [0.2, 0.25) is 5.02 Å². The quantitative estimate of drug-likeness (QED) is 0.265. The lowest BCUT2D eigenvalue weighted by molar-refractivity contribution is -0.130. The number of nitrogens with zero attached hydrogens (tertiary/aromatic N) is 1. The van der Waals surface area contributed by atoms with Gasteiger partial charge in [0.2, 0.25) is 0 Å². The third-order valence-electron chi connectivity index (χ3n) is 4.69. The fourth-order valence-electron chi connectivity index (χ4n) is 3.06. The van der Waals surface area contributed by atoms with Gasteiger partial charge in [0.25, 0.3) is 11.8 Å². The maximum Gasteiger partial charge on any atom is 0.331 e. The van der Waals surface area contributed by atoms with Crippen LogP contribution in [0.25, 0.3) is 6.08 Å². The molecule has 0 unspecified atom stereocenters. The van der Waals surface area contributed by atoms with Gasteiger partial charge in [-0.05, 0) is 64.6 Å². The first-order chi connectivity index (χ1) is 15.4. The minimum absolute atomic E-state index is 0.0748. The number of imide groups is 2. The van der Waals surface area contributed by atoms with Crippen LogP contribution < -0.4 is 10.1 Å². The number of carbonyl (C=O) groups excluding carboxylic acids is 3. The molecule has 1 aliphatic heterocycles. The second-order valence-electron chi connectivity index (χ2n) is 6.86. The molecule has 0 spiro atoms. The van der Waals surface area contributed by atoms with E-state index in [-0.39, 0.29) is 12.1 Å². The molecule has 9 heteroatoms. The Hall–Kier alpha value is -3.11. The molecule has 1 fully saturated rings. The molecule has 162 valence electrons. The average molecular weight is 563 g/mol. The Bertz CT molecular complexity index is 1220. The van der Waals surface area contributed by atoms with Crippen molar-refractivity contribution in [3.8, 4) is 5.75 Å². The van der Waals surface area contributed by atoms with Crippen LogP contribution in [-0.2, 0) is 22.7 Å². The van der Waals surface area contributed by atoms with Crippen LogP contribution in [0.3, 0.4) is 0 Å². The van der Waals surface area contributed by atoms with Crippen molar-refractivity contribution in [1.82, 2.24) is 10.2 Å². The topological polar surface area (TPSA) is 88.9 Å². The first kappa shape index (κ1) is 22.1. The summed E-state index contributed by atoms with van der Waals surface area (Å²) in [6, 6.07) is 15.2. The van der Waals surface area contributed by atoms with Gasteiger partial charge in [0.05, 0.1) is 16.4 Å². The van der Waals surface area contributed by atoms with Crippen LogP contribution >= 0.6 is 34.2 Å². The molecule has 1 aromatic heterocycles. The molecule has 1 saturated heterocycles. The fraction of sp³-hybridized carbons (Fsp3) is 0.0870. The molecule has 1 aliphatic rings. The van der Waals surface area contributed by atoms with Gasteiger partial charge in [-0.1, -0.05) is 35.9 Å². The molecule has 0 saturated carbocycles. The standard InChI is InChI=1S/C23H16ClIN2O5/c24-18-6-2-1-4-15(18)13-32-20-8-7-14(11-19(20)25)10-17-21(28)26-23(30)27(22(17)29)12-16-5-3-9-31-16/h1-11H,12-13H2,(H,26,28,30)/b17-10+. The zero-order valence-corrected chi connectivity index (χ0v) is 19.4. The van der Waals surface area contributed by atoms with E-state index in [0.29, 0.717) is 28.7 Å². The van der Waals surface area contributed by atoms with E-state index in [4.69, 9.17) is 20.8 Å². The van der Waals surface area contributed by atoms with Gasteiger partial charge in [0, 0.05) is 10.6 Å². The number of urea groups is 1. The van der Waals surface area contributed by atoms with Crippen LogP contribution in [0.15, 0.2) is 70.9 Å². The molecule has 7 nitrogen and oxygen atoms in total. The predicted octanol–water partition coefficient (Wildman–Crippen LogP) is 4.78. The molecular weight excluding hydrogens is 547 g/mol. The largest absolute Gasteiger partial charge is 0.488 e. The highest BCUT2D eigenvalue weighted by molar-refractivity contribution is 14.1. The van der Waals surface area contributed by atoms with E-state index < -0.39 is 17.8 Å². The van der Waals surface area contributed by atoms with E-state index in [9.17, 15) is 14.4 Å². The monoisotopic (exact) mass is 562 g/mol. The van der Waals surface area contributed by atoms with Crippen LogP contribution in [0.5, 0.6) is 5.75 Å². The number of carbonyl (C=O) groups is 3. The molecule has 0 bridgehead atoms. The highest BCUT2D eigenvalue weighted by Crippen LogP contribution is 2.26. The summed E-state index contributed by atoms with van der Waals surface area (Å²) >= 11 is 8.28. The van der Waals surface area contributed by atoms with E-state index in [1.165, 1.54) is 12.3 Å². The Morgan fingerprint density at radius 3 is 2.62 bits per heavy atom. The summed E-state index contributed by atoms with van der Waals surface area (Å²) in [5.41, 5.74) is 1.34. The first-order valence-electron chi connectivity index (χ1n) is 9.49. The van der Waals surface area contributed by atoms with Crippen molar-refractivity contribution < 1.29 is 23.5 Å². The normalized spacial score (nSPS) is 15.2. The van der Waals surface area contributed by atoms with Gasteiger partial charge in [-0.15, -0.1) is 0 Å². The number of hydrogen-bond acceptors (Lipinski definition) is 5. The molecule has 0 radical (unpaired) electrons. The van der Waals surface area contributed by atoms with Crippen molar-refractivity contribution in [1.29, 1.82) is 0 Å². The smallest absolute Gasteiger partial charge is 0.331 e. The molecule has 0 atom stereocenters. The lowest BCUT2D eigenvalue weighted by atomic mass is 10.1. The van der Waals surface area contributed by atoms with Crippen molar-refractivity contribution in [2.45, 2.75) is 13.2 Å². The van der Waals surface area contributed by atoms with Gasteiger partial charge >= 0.3 is 6.03 Å². The number of benzene rings is 2. The lowest BCUT2D eigenvalue weighted by Gasteiger charge is -2.25. The number of hydrogen-bond donors (Lipinski definition) is 1. The Kier molecular flexibility index (Phi) is 6.61. The van der Waals surface area contributed by atoms with E-state index in [1.54, 1.807) is 36.4 Å². The van der Waals surface area contributed by atoms with Crippen LogP contribution in [0.4, 0.5) is 4.79 Å². The summed E-state index contributed by atoms with van der Waals surface area (Å²) < 4.78 is 11.8. The highest BCUT2D eigenvalue weighted by Gasteiger charge is 2.36. The zero-order valence-electron chi connectivity index (χ0n) is 16.5. The van der Waals surface area contributed by atoms with Gasteiger partial charge in [-0.2, -0.15) is 0 Å². The third-order valence-corrected chi connectivity index (χ3v) is 5.90. The SMILES string of the molecule is O=C1NC(=O)N(Cc2ccco2)C(=O)/C1=C/c1ccc(OCc2ccccc2Cl)c(I)c1. The Balaban J connectivity index is 1.52. The van der Waals surface area contributed by atoms with Crippen molar-refractivity contribution in [2.24, 2.45) is 0 Å². The van der Waals surface area contributed by atoms with Crippen LogP contribution in [0.1, 0.15) is 16.9 Å². The average Bonchev–Trinajstić information content (AvgIpc) is 3.28. The maximum atomic E-state index is 12.8. The van der Waals surface area contributed by atoms with Crippen LogP contribution in [-0.4, -0.2) is 22.7 Å². The summed E-state index contributed by atoms with van der Waals surface area (Å²) in [6.07, 6.45) is 2.89. The molecule has 1 N–H and O–H groups in total. The Morgan fingerprint density at radius 1 is 1.09 bits per heavy atom. The number of halogens is 2. The summed E-state index contributed by atoms with van der Waals surface area (Å²) in [6.45, 7) is 0.232. The zero-order chi connectivity index (χ0) is 22.7. The van der Waals surface area contributed by atoms with Crippen molar-refractivity contribution >= 4 is 58.1 Å². The Morgan fingerprint density at radius 2 is 1.91 bits per heavy atom. The van der Waals surface area contributed by atoms with Gasteiger partial charge < -0.3 is 9.15 Å². The summed E-state index contributed by atoms with van der Waals surface area (Å²) in [4.78, 5) is 38.2. The van der Waals surface area contributed by atoms with Crippen LogP contribution in [0, 0.1) is 3.57 Å². The number of barbiturate groups is 1. The van der Waals surface area contributed by atoms with E-state index in [0.717, 1.165) is 14.0 Å². The molecule has 2 heterocycles. The van der Waals surface area contributed by atoms with E-state index in [1.807, 2.05) is 18.2 Å². The summed E-state index contributed by atoms with van der Waals surface area (Å²) in [5, 5.41) is 2.81. The van der Waals surface area contributed by atoms with Gasteiger partial charge in [0.15, 0.2) is 0 Å². The maximum absolute atomic E-state index is 12.8. The number of ether oxygens (including phenoxy) is 1. The molecule has 2 aromatic carbocycles. The van der Waals surface area contributed by atoms with Crippen molar-refractivity contribution in [3.05, 3.63) is 91.9 Å². The van der Waals surface area contributed by atoms with E-state index >= 15 is 0 Å². The second-order valence-corrected chi connectivity index (χ2v) is 8.43. The van der Waals surface area contributed by atoms with Gasteiger partial charge in [-0.3, -0.25) is 19.8 Å². The minimum Gasteiger partial charge on any atom is -0.488 e. The number of nitrogens with one attached hydrogen (secondary N) is 1. The summed E-state index contributed by atoms with van der Waals surface area (Å²) in [7, 11) is 0. The molecule has 3 aromatic rings. The molecular formula is C23H16ClIN2O5. The molecule has 32 heavy (non-hydrogen) atoms. The molecule has 4 amide bonds. The summed E-state index contributed by atoms with van der Waals surface area (Å²) in [5.74, 6) is -0.368.